The number of hydrogen-bond acceptors (Lipinski definition) is 2. The smallest absolute Gasteiger partial charge is 0.130 e. The van der Waals surface area contributed by atoms with Gasteiger partial charge in [-0.05, 0) is 22.4 Å². The standard InChI is InChI=1S/C7H6BrClN2/c8-6-4-1-2-10-7(4)11-3-5(6)9/h3H,1-2H2,(H,10,11). The Labute approximate surface area is 78.1 Å². The quantitative estimate of drug-likeness (QED) is 0.745. The summed E-state index contributed by atoms with van der Waals surface area (Å²) >= 11 is 9.27. The van der Waals surface area contributed by atoms with Crippen LogP contribution < -0.4 is 5.32 Å². The highest BCUT2D eigenvalue weighted by Crippen LogP contribution is 2.32. The molecule has 1 aliphatic heterocycles. The highest BCUT2D eigenvalue weighted by atomic mass is 79.9. The van der Waals surface area contributed by atoms with E-state index in [0.717, 1.165) is 23.3 Å². The summed E-state index contributed by atoms with van der Waals surface area (Å²) in [4.78, 5) is 4.15. The summed E-state index contributed by atoms with van der Waals surface area (Å²) in [5, 5.41) is 3.86. The molecular weight excluding hydrogens is 227 g/mol. The Balaban J connectivity index is 2.62. The number of rotatable bonds is 0. The molecule has 0 aliphatic carbocycles. The van der Waals surface area contributed by atoms with E-state index in [2.05, 4.69) is 26.2 Å². The van der Waals surface area contributed by atoms with Crippen molar-refractivity contribution in [3.05, 3.63) is 21.3 Å². The van der Waals surface area contributed by atoms with E-state index in [9.17, 15) is 0 Å². The normalized spacial score (nSPS) is 14.4. The molecule has 0 bridgehead atoms. The minimum Gasteiger partial charge on any atom is -0.369 e. The van der Waals surface area contributed by atoms with E-state index in [-0.39, 0.29) is 0 Å². The van der Waals surface area contributed by atoms with Crippen LogP contribution in [0.5, 0.6) is 0 Å². The number of pyridine rings is 1. The van der Waals surface area contributed by atoms with Crippen LogP contribution in [0.2, 0.25) is 5.02 Å². The Hall–Kier alpha value is -0.280. The first-order chi connectivity index (χ1) is 5.29. The maximum absolute atomic E-state index is 5.86. The van der Waals surface area contributed by atoms with Crippen molar-refractivity contribution in [3.63, 3.8) is 0 Å². The van der Waals surface area contributed by atoms with E-state index in [4.69, 9.17) is 11.6 Å². The molecule has 0 saturated heterocycles. The number of fused-ring (bicyclic) bond motifs is 1. The van der Waals surface area contributed by atoms with Crippen molar-refractivity contribution in [2.45, 2.75) is 6.42 Å². The van der Waals surface area contributed by atoms with Crippen LogP contribution in [0.1, 0.15) is 5.56 Å². The van der Waals surface area contributed by atoms with Gasteiger partial charge in [-0.15, -0.1) is 0 Å². The minimum atomic E-state index is 0.687. The lowest BCUT2D eigenvalue weighted by atomic mass is 10.2. The summed E-state index contributed by atoms with van der Waals surface area (Å²) in [5.41, 5.74) is 1.19. The molecule has 2 rings (SSSR count). The van der Waals surface area contributed by atoms with E-state index in [1.807, 2.05) is 0 Å². The largest absolute Gasteiger partial charge is 0.369 e. The summed E-state index contributed by atoms with van der Waals surface area (Å²) < 4.78 is 0.981. The zero-order valence-corrected chi connectivity index (χ0v) is 8.04. The van der Waals surface area contributed by atoms with Gasteiger partial charge in [0.15, 0.2) is 0 Å². The van der Waals surface area contributed by atoms with Gasteiger partial charge in [0, 0.05) is 22.8 Å². The van der Waals surface area contributed by atoms with Crippen molar-refractivity contribution >= 4 is 33.3 Å². The number of hydrogen-bond donors (Lipinski definition) is 1. The molecule has 2 nitrogen and oxygen atoms in total. The van der Waals surface area contributed by atoms with Gasteiger partial charge < -0.3 is 5.32 Å². The second kappa shape index (κ2) is 2.64. The van der Waals surface area contributed by atoms with Crippen LogP contribution in [0, 0.1) is 0 Å². The molecule has 1 aromatic rings. The Morgan fingerprint density at radius 3 is 3.27 bits per heavy atom. The first-order valence-electron chi connectivity index (χ1n) is 3.36. The SMILES string of the molecule is Clc1cnc2c(c1Br)CCN2. The van der Waals surface area contributed by atoms with Gasteiger partial charge >= 0.3 is 0 Å². The lowest BCUT2D eigenvalue weighted by Crippen LogP contribution is -1.92. The monoisotopic (exact) mass is 232 g/mol. The van der Waals surface area contributed by atoms with Crippen LogP contribution in [0.25, 0.3) is 0 Å². The molecule has 1 aliphatic rings. The van der Waals surface area contributed by atoms with Crippen LogP contribution in [0.3, 0.4) is 0 Å². The average Bonchev–Trinajstić information content (AvgIpc) is 2.45. The van der Waals surface area contributed by atoms with E-state index < -0.39 is 0 Å². The number of nitrogens with one attached hydrogen (secondary N) is 1. The second-order valence-electron chi connectivity index (χ2n) is 2.42. The van der Waals surface area contributed by atoms with Gasteiger partial charge in [-0.25, -0.2) is 4.98 Å². The van der Waals surface area contributed by atoms with E-state index in [1.165, 1.54) is 5.56 Å². The van der Waals surface area contributed by atoms with Gasteiger partial charge in [-0.1, -0.05) is 11.6 Å². The summed E-state index contributed by atoms with van der Waals surface area (Å²) in [5.74, 6) is 0.960. The third-order valence-electron chi connectivity index (χ3n) is 1.73. The van der Waals surface area contributed by atoms with Gasteiger partial charge in [0.25, 0.3) is 0 Å². The molecule has 11 heavy (non-hydrogen) atoms. The number of aromatic nitrogens is 1. The van der Waals surface area contributed by atoms with E-state index >= 15 is 0 Å². The molecule has 0 unspecified atom stereocenters. The van der Waals surface area contributed by atoms with Gasteiger partial charge in [0.2, 0.25) is 0 Å². The summed E-state index contributed by atoms with van der Waals surface area (Å²) in [6.07, 6.45) is 2.66. The topological polar surface area (TPSA) is 24.9 Å². The van der Waals surface area contributed by atoms with Crippen molar-refractivity contribution in [2.24, 2.45) is 0 Å². The van der Waals surface area contributed by atoms with Crippen molar-refractivity contribution in [2.75, 3.05) is 11.9 Å². The summed E-state index contributed by atoms with van der Waals surface area (Å²) in [7, 11) is 0. The fourth-order valence-electron chi connectivity index (χ4n) is 1.19. The van der Waals surface area contributed by atoms with Gasteiger partial charge in [0.1, 0.15) is 5.82 Å². The van der Waals surface area contributed by atoms with E-state index in [0.29, 0.717) is 5.02 Å². The van der Waals surface area contributed by atoms with Crippen molar-refractivity contribution in [1.29, 1.82) is 0 Å². The summed E-state index contributed by atoms with van der Waals surface area (Å²) in [6, 6.07) is 0. The summed E-state index contributed by atoms with van der Waals surface area (Å²) in [6.45, 7) is 0.960. The lowest BCUT2D eigenvalue weighted by molar-refractivity contribution is 1.10. The predicted molar refractivity (Wildman–Crippen MR) is 49.1 cm³/mol. The zero-order valence-electron chi connectivity index (χ0n) is 5.69. The van der Waals surface area contributed by atoms with E-state index in [1.54, 1.807) is 6.20 Å². The van der Waals surface area contributed by atoms with Crippen LogP contribution in [0.15, 0.2) is 10.7 Å². The van der Waals surface area contributed by atoms with Crippen molar-refractivity contribution in [1.82, 2.24) is 4.98 Å². The Morgan fingerprint density at radius 1 is 1.64 bits per heavy atom. The molecule has 0 aromatic carbocycles. The fourth-order valence-corrected chi connectivity index (χ4v) is 1.84. The molecule has 2 heterocycles. The van der Waals surface area contributed by atoms with Crippen LogP contribution >= 0.6 is 27.5 Å². The second-order valence-corrected chi connectivity index (χ2v) is 3.62. The van der Waals surface area contributed by atoms with Crippen molar-refractivity contribution < 1.29 is 0 Å². The molecule has 0 atom stereocenters. The number of halogens is 2. The Bertz CT molecular complexity index is 301. The number of anilines is 1. The Kier molecular flexibility index (Phi) is 1.77. The molecule has 1 aromatic heterocycles. The maximum atomic E-state index is 5.86. The maximum Gasteiger partial charge on any atom is 0.130 e. The first kappa shape index (κ1) is 7.37. The molecular formula is C7H6BrClN2. The fraction of sp³-hybridized carbons (Fsp3) is 0.286. The van der Waals surface area contributed by atoms with Gasteiger partial charge in [0.05, 0.1) is 5.02 Å². The third kappa shape index (κ3) is 1.12. The minimum absolute atomic E-state index is 0.687. The highest BCUT2D eigenvalue weighted by molar-refractivity contribution is 9.10. The van der Waals surface area contributed by atoms with Crippen molar-refractivity contribution in [3.8, 4) is 0 Å². The molecule has 4 heteroatoms. The van der Waals surface area contributed by atoms with Crippen LogP contribution in [-0.2, 0) is 6.42 Å². The molecule has 1 N–H and O–H groups in total. The molecule has 58 valence electrons. The zero-order chi connectivity index (χ0) is 7.84. The van der Waals surface area contributed by atoms with Crippen LogP contribution in [-0.4, -0.2) is 11.5 Å². The van der Waals surface area contributed by atoms with Gasteiger partial charge in [-0.2, -0.15) is 0 Å². The molecule has 0 amide bonds. The first-order valence-corrected chi connectivity index (χ1v) is 4.53. The molecule has 0 saturated carbocycles. The highest BCUT2D eigenvalue weighted by Gasteiger charge is 2.15. The lowest BCUT2D eigenvalue weighted by Gasteiger charge is -2.01. The molecule has 0 radical (unpaired) electrons. The molecule has 0 spiro atoms. The number of nitrogens with zero attached hydrogens (tertiary/aromatic N) is 1. The average molecular weight is 233 g/mol. The molecule has 0 fully saturated rings. The van der Waals surface area contributed by atoms with Gasteiger partial charge in [-0.3, -0.25) is 0 Å². The Morgan fingerprint density at radius 2 is 2.45 bits per heavy atom. The van der Waals surface area contributed by atoms with Crippen LogP contribution in [0.4, 0.5) is 5.82 Å². The predicted octanol–water partition coefficient (Wildman–Crippen LogP) is 2.47. The third-order valence-corrected chi connectivity index (χ3v) is 3.16.